The van der Waals surface area contributed by atoms with E-state index in [1.165, 1.54) is 27.4 Å². The molecule has 2 amide bonds. The molecule has 1 aromatic carbocycles. The number of hydrogen-bond acceptors (Lipinski definition) is 10. The van der Waals surface area contributed by atoms with E-state index in [9.17, 15) is 24.3 Å². The minimum atomic E-state index is -1.01. The fourth-order valence-electron chi connectivity index (χ4n) is 5.54. The van der Waals surface area contributed by atoms with Crippen LogP contribution in [0.25, 0.3) is 0 Å². The lowest BCUT2D eigenvalue weighted by atomic mass is 9.85. The molecule has 0 spiro atoms. The van der Waals surface area contributed by atoms with E-state index in [1.54, 1.807) is 63.3 Å². The van der Waals surface area contributed by atoms with E-state index >= 15 is 0 Å². The van der Waals surface area contributed by atoms with E-state index in [2.05, 4.69) is 21.2 Å². The lowest BCUT2D eigenvalue weighted by molar-refractivity contribution is -0.121. The Morgan fingerprint density at radius 1 is 1.04 bits per heavy atom. The van der Waals surface area contributed by atoms with Crippen LogP contribution in [0.4, 0.5) is 4.79 Å². The molecule has 0 fully saturated rings. The number of halogens is 1. The number of rotatable bonds is 6. The molecule has 1 aliphatic carbocycles. The molecule has 48 heavy (non-hydrogen) atoms. The number of ether oxygens (including phenoxy) is 4. The van der Waals surface area contributed by atoms with Crippen LogP contribution in [-0.4, -0.2) is 74.4 Å². The summed E-state index contributed by atoms with van der Waals surface area (Å²) in [5, 5.41) is 14.0. The summed E-state index contributed by atoms with van der Waals surface area (Å²) in [6.07, 6.45) is 2.42. The second-order valence-electron chi connectivity index (χ2n) is 11.8. The third-order valence-electron chi connectivity index (χ3n) is 8.09. The fraction of sp³-hybridized carbons (Fsp3) is 0.429. The van der Waals surface area contributed by atoms with Gasteiger partial charge in [0, 0.05) is 40.7 Å². The number of benzene rings is 1. The molecule has 3 rings (SSSR count). The first-order valence-corrected chi connectivity index (χ1v) is 16.9. The van der Waals surface area contributed by atoms with Gasteiger partial charge in [-0.05, 0) is 62.4 Å². The van der Waals surface area contributed by atoms with E-state index in [0.29, 0.717) is 16.9 Å². The lowest BCUT2D eigenvalue weighted by Crippen LogP contribution is -2.37. The molecule has 0 saturated carbocycles. The monoisotopic (exact) mass is 746 g/mol. The van der Waals surface area contributed by atoms with Crippen molar-refractivity contribution in [2.24, 2.45) is 17.6 Å². The third kappa shape index (κ3) is 9.79. The number of aliphatic hydroxyl groups is 1. The van der Waals surface area contributed by atoms with Crippen LogP contribution in [0.1, 0.15) is 40.5 Å². The largest absolute Gasteiger partial charge is 0.492 e. The molecule has 0 saturated heterocycles. The Balaban J connectivity index is 2.18. The normalized spacial score (nSPS) is 29.4. The summed E-state index contributed by atoms with van der Waals surface area (Å²) >= 11 is 4.45. The van der Waals surface area contributed by atoms with Crippen LogP contribution < -0.4 is 11.1 Å². The maximum absolute atomic E-state index is 14.2. The molecule has 260 valence electrons. The Hall–Kier alpha value is -3.49. The number of thioether (sulfide) groups is 1. The van der Waals surface area contributed by atoms with Crippen molar-refractivity contribution in [2.75, 3.05) is 21.3 Å². The SMILES string of the molecule is COC1=C2C[C@@H](C)C[C@H](OC)[C@H](O)[C@@H](C)/C=C(\C)[C@H](OC(N)=O)[C@@H](OC)/C=C\C=C(/C)C(=O)NC(=C(Sc3ccc(Br)cc3)C1=O)C2=O. The van der Waals surface area contributed by atoms with Gasteiger partial charge in [0.25, 0.3) is 5.91 Å². The topological polar surface area (TPSA) is 163 Å². The Kier molecular flexibility index (Phi) is 14.4. The zero-order chi connectivity index (χ0) is 35.7. The highest BCUT2D eigenvalue weighted by Gasteiger charge is 2.38. The number of ketones is 2. The van der Waals surface area contributed by atoms with E-state index in [0.717, 1.165) is 16.2 Å². The summed E-state index contributed by atoms with van der Waals surface area (Å²) < 4.78 is 23.1. The molecule has 11 nitrogen and oxygen atoms in total. The van der Waals surface area contributed by atoms with Crippen LogP contribution in [0.5, 0.6) is 0 Å². The molecule has 1 aliphatic heterocycles. The second-order valence-corrected chi connectivity index (χ2v) is 13.8. The van der Waals surface area contributed by atoms with Gasteiger partial charge < -0.3 is 35.1 Å². The van der Waals surface area contributed by atoms with Crippen molar-refractivity contribution in [2.45, 2.75) is 69.8 Å². The molecule has 0 unspecified atom stereocenters. The van der Waals surface area contributed by atoms with Crippen molar-refractivity contribution >= 4 is 51.3 Å². The number of methoxy groups -OCH3 is 3. The first-order valence-electron chi connectivity index (χ1n) is 15.3. The van der Waals surface area contributed by atoms with Gasteiger partial charge >= 0.3 is 6.09 Å². The van der Waals surface area contributed by atoms with Crippen LogP contribution in [0.15, 0.2) is 91.0 Å². The maximum Gasteiger partial charge on any atom is 0.405 e. The minimum absolute atomic E-state index is 0.0182. The van der Waals surface area contributed by atoms with Crippen LogP contribution in [0.2, 0.25) is 0 Å². The van der Waals surface area contributed by atoms with Crippen LogP contribution in [0, 0.1) is 11.8 Å². The van der Waals surface area contributed by atoms with Gasteiger partial charge in [-0.2, -0.15) is 0 Å². The van der Waals surface area contributed by atoms with Crippen LogP contribution in [-0.2, 0) is 33.3 Å². The molecule has 0 radical (unpaired) electrons. The Morgan fingerprint density at radius 2 is 1.71 bits per heavy atom. The lowest BCUT2D eigenvalue weighted by Gasteiger charge is -2.30. The number of hydrogen-bond donors (Lipinski definition) is 3. The summed E-state index contributed by atoms with van der Waals surface area (Å²) in [6.45, 7) is 6.96. The first kappa shape index (κ1) is 39.0. The zero-order valence-corrected chi connectivity index (χ0v) is 30.5. The average Bonchev–Trinajstić information content (AvgIpc) is 3.04. The van der Waals surface area contributed by atoms with Crippen molar-refractivity contribution in [1.82, 2.24) is 5.32 Å². The van der Waals surface area contributed by atoms with Crippen LogP contribution in [0.3, 0.4) is 0 Å². The highest BCUT2D eigenvalue weighted by Crippen LogP contribution is 2.38. The van der Waals surface area contributed by atoms with E-state index in [-0.39, 0.29) is 39.8 Å². The number of nitrogens with one attached hydrogen (secondary N) is 1. The zero-order valence-electron chi connectivity index (χ0n) is 28.1. The van der Waals surface area contributed by atoms with E-state index in [1.807, 2.05) is 6.92 Å². The number of carbonyl (C=O) groups excluding carboxylic acids is 4. The Bertz CT molecular complexity index is 1550. The third-order valence-corrected chi connectivity index (χ3v) is 9.72. The number of primary amides is 1. The Labute approximate surface area is 293 Å². The smallest absolute Gasteiger partial charge is 0.405 e. The molecular formula is C35H43BrN2O9S. The molecule has 6 atom stereocenters. The number of Topliss-reactive ketones (excluding diaryl/α,β-unsaturated/α-hetero) is 2. The summed E-state index contributed by atoms with van der Waals surface area (Å²) in [4.78, 5) is 54.1. The standard InChI is InChI=1S/C35H43BrN2O9S/c1-18-15-24-29(40)27(33(30(41)32(24)46-7)48-23-13-11-22(36)12-14-23)38-34(42)19(2)9-8-10-25(44-5)31(47-35(37)43)21(4)17-20(3)28(39)26(16-18)45-6/h8-14,17-18,20,25-26,28,31,39H,15-16H2,1-7H3,(H2,37,43)(H,38,42)/b10-8-,19-9+,21-17+/t18-,20+,25+,26+,28-,31+/m1/s1. The minimum Gasteiger partial charge on any atom is -0.492 e. The Morgan fingerprint density at radius 3 is 2.29 bits per heavy atom. The van der Waals surface area contributed by atoms with Crippen molar-refractivity contribution in [1.29, 1.82) is 0 Å². The van der Waals surface area contributed by atoms with Crippen molar-refractivity contribution in [3.8, 4) is 0 Å². The number of carbonyl (C=O) groups is 4. The quantitative estimate of drug-likeness (QED) is 0.258. The van der Waals surface area contributed by atoms with Gasteiger partial charge in [-0.15, -0.1) is 0 Å². The molecule has 1 heterocycles. The van der Waals surface area contributed by atoms with Crippen molar-refractivity contribution in [3.63, 3.8) is 0 Å². The molecular weight excluding hydrogens is 704 g/mol. The first-order chi connectivity index (χ1) is 22.7. The second kappa shape index (κ2) is 17.8. The van der Waals surface area contributed by atoms with Gasteiger partial charge in [-0.1, -0.05) is 65.8 Å². The molecule has 2 aliphatic rings. The summed E-state index contributed by atoms with van der Waals surface area (Å²) in [5.41, 5.74) is 6.14. The molecule has 1 aromatic rings. The number of aliphatic hydroxyl groups excluding tert-OH is 1. The van der Waals surface area contributed by atoms with Gasteiger partial charge in [0.1, 0.15) is 11.8 Å². The predicted octanol–water partition coefficient (Wildman–Crippen LogP) is 5.29. The predicted molar refractivity (Wildman–Crippen MR) is 185 cm³/mol. The maximum atomic E-state index is 14.2. The van der Waals surface area contributed by atoms with Gasteiger partial charge in [0.2, 0.25) is 11.6 Å². The fourth-order valence-corrected chi connectivity index (χ4v) is 6.74. The van der Waals surface area contributed by atoms with Gasteiger partial charge in [-0.25, -0.2) is 4.79 Å². The van der Waals surface area contributed by atoms with Crippen molar-refractivity contribution in [3.05, 3.63) is 86.1 Å². The summed E-state index contributed by atoms with van der Waals surface area (Å²) in [5.74, 6) is -2.52. The number of amides is 2. The van der Waals surface area contributed by atoms with Gasteiger partial charge in [0.05, 0.1) is 24.2 Å². The molecule has 4 N–H and O–H groups in total. The number of fused-ring (bicyclic) bond motifs is 2. The highest BCUT2D eigenvalue weighted by atomic mass is 79.9. The van der Waals surface area contributed by atoms with Gasteiger partial charge in [-0.3, -0.25) is 14.4 Å². The molecule has 0 aromatic heterocycles. The number of allylic oxidation sites excluding steroid dienone is 4. The number of nitrogens with two attached hydrogens (primary N) is 1. The van der Waals surface area contributed by atoms with E-state index < -0.39 is 53.9 Å². The summed E-state index contributed by atoms with van der Waals surface area (Å²) in [6, 6.07) is 7.17. The average molecular weight is 748 g/mol. The van der Waals surface area contributed by atoms with E-state index in [4.69, 9.17) is 24.7 Å². The van der Waals surface area contributed by atoms with Gasteiger partial charge in [0.15, 0.2) is 11.9 Å². The van der Waals surface area contributed by atoms with Crippen molar-refractivity contribution < 1.29 is 43.2 Å². The molecule has 13 heteroatoms. The highest BCUT2D eigenvalue weighted by molar-refractivity contribution is 9.10. The summed E-state index contributed by atoms with van der Waals surface area (Å²) in [7, 11) is 4.25. The molecule has 2 bridgehead atoms. The van der Waals surface area contributed by atoms with Crippen LogP contribution >= 0.6 is 27.7 Å².